The summed E-state index contributed by atoms with van der Waals surface area (Å²) in [5.74, 6) is 0. The van der Waals surface area contributed by atoms with Gasteiger partial charge in [-0.15, -0.1) is 0 Å². The van der Waals surface area contributed by atoms with Crippen molar-refractivity contribution in [2.45, 2.75) is 49.4 Å². The van der Waals surface area contributed by atoms with Gasteiger partial charge in [-0.05, 0) is 0 Å². The Balaban J connectivity index is 1.75. The van der Waals surface area contributed by atoms with Crippen molar-refractivity contribution in [1.29, 1.82) is 0 Å². The number of hydrogen-bond donors (Lipinski definition) is 0. The molecule has 0 aromatic heterocycles. The number of ether oxygens (including phenoxy) is 1. The van der Waals surface area contributed by atoms with Crippen molar-refractivity contribution in [3.05, 3.63) is 23.3 Å². The Kier molecular flexibility index (Phi) is 3.57. The number of anilines is 1. The molecule has 0 amide bonds. The number of aryl methyl sites for hydroxylation is 1. The van der Waals surface area contributed by atoms with E-state index in [1.165, 1.54) is 35.4 Å². The summed E-state index contributed by atoms with van der Waals surface area (Å²) >= 11 is -1.99. The van der Waals surface area contributed by atoms with Crippen LogP contribution in [0.2, 0.25) is 0 Å². The molecular formula is C17H23InN2O. The topological polar surface area (TPSA) is 24.8 Å². The summed E-state index contributed by atoms with van der Waals surface area (Å²) in [5, 5.41) is 0. The molecular weight excluding hydrogens is 363 g/mol. The first-order valence-electron chi connectivity index (χ1n) is 8.19. The zero-order valence-corrected chi connectivity index (χ0v) is 16.5. The molecule has 0 radical (unpaired) electrons. The average Bonchev–Trinajstić information content (AvgIpc) is 3.22. The van der Waals surface area contributed by atoms with E-state index in [0.717, 1.165) is 29.3 Å². The summed E-state index contributed by atoms with van der Waals surface area (Å²) in [5.41, 5.74) is 5.86. The summed E-state index contributed by atoms with van der Waals surface area (Å²) in [6, 6.07) is 5.75. The zero-order chi connectivity index (χ0) is 14.6. The average molecular weight is 386 g/mol. The normalized spacial score (nSPS) is 22.8. The van der Waals surface area contributed by atoms with Gasteiger partial charge in [-0.25, -0.2) is 0 Å². The van der Waals surface area contributed by atoms with Crippen LogP contribution in [0.5, 0.6) is 0 Å². The van der Waals surface area contributed by atoms with Crippen molar-refractivity contribution in [2.75, 3.05) is 18.6 Å². The fourth-order valence-corrected chi connectivity index (χ4v) is 13.2. The fourth-order valence-electron chi connectivity index (χ4n) is 4.13. The van der Waals surface area contributed by atoms with Crippen LogP contribution in [0.25, 0.3) is 0 Å². The molecule has 1 aromatic carbocycles. The van der Waals surface area contributed by atoms with Gasteiger partial charge in [-0.1, -0.05) is 0 Å². The molecule has 2 bridgehead atoms. The van der Waals surface area contributed by atoms with Gasteiger partial charge in [0, 0.05) is 0 Å². The summed E-state index contributed by atoms with van der Waals surface area (Å²) < 4.78 is 12.8. The minimum atomic E-state index is -1.99. The van der Waals surface area contributed by atoms with Crippen LogP contribution in [0.4, 0.5) is 5.69 Å². The molecule has 1 saturated carbocycles. The third-order valence-corrected chi connectivity index (χ3v) is 13.7. The predicted molar refractivity (Wildman–Crippen MR) is 89.2 cm³/mol. The van der Waals surface area contributed by atoms with Gasteiger partial charge < -0.3 is 0 Å². The van der Waals surface area contributed by atoms with Gasteiger partial charge in [0.2, 0.25) is 0 Å². The van der Waals surface area contributed by atoms with Crippen LogP contribution in [-0.2, 0) is 11.2 Å². The molecule has 1 unspecified atom stereocenters. The first-order valence-corrected chi connectivity index (χ1v) is 13.2. The van der Waals surface area contributed by atoms with Gasteiger partial charge in [-0.2, -0.15) is 0 Å². The Morgan fingerprint density at radius 2 is 2.19 bits per heavy atom. The third kappa shape index (κ3) is 2.26. The molecule has 0 N–H and O–H groups in total. The number of methoxy groups -OCH3 is 1. The van der Waals surface area contributed by atoms with Crippen LogP contribution >= 0.6 is 0 Å². The zero-order valence-electron chi connectivity index (χ0n) is 13.2. The van der Waals surface area contributed by atoms with E-state index in [9.17, 15) is 0 Å². The van der Waals surface area contributed by atoms with Crippen molar-refractivity contribution in [1.82, 2.24) is 0 Å². The quantitative estimate of drug-likeness (QED) is 0.725. The first kappa shape index (κ1) is 14.1. The molecule has 4 rings (SSSR count). The molecule has 3 aliphatic rings. The molecule has 0 saturated heterocycles. The number of benzene rings is 1. The molecule has 4 heteroatoms. The number of hydrogen-bond acceptors (Lipinski definition) is 3. The van der Waals surface area contributed by atoms with Gasteiger partial charge in [0.25, 0.3) is 0 Å². The van der Waals surface area contributed by atoms with Crippen LogP contribution in [-0.4, -0.2) is 51.0 Å². The van der Waals surface area contributed by atoms with Gasteiger partial charge in [0.15, 0.2) is 0 Å². The van der Waals surface area contributed by atoms with Gasteiger partial charge >= 0.3 is 135 Å². The maximum absolute atomic E-state index is 5.23. The Hall–Kier alpha value is -0.480. The molecule has 110 valence electrons. The van der Waals surface area contributed by atoms with Crippen molar-refractivity contribution in [3.63, 3.8) is 0 Å². The van der Waals surface area contributed by atoms with E-state index in [1.807, 2.05) is 0 Å². The summed E-state index contributed by atoms with van der Waals surface area (Å²) in [6.45, 7) is 5.52. The standard InChI is InChI=1S/C17H23N2O.In/c1-4-19(15-7-8-15)16-9-10-17(13(2)18)14(12-16)6-5-11-20-3;/h4,9,12,15H,5-8,11H2,1-3H3;/q-1;+1. The van der Waals surface area contributed by atoms with E-state index in [2.05, 4.69) is 30.9 Å². The fraction of sp³-hybridized carbons (Fsp3) is 0.588. The van der Waals surface area contributed by atoms with Crippen LogP contribution in [0, 0.1) is 0 Å². The van der Waals surface area contributed by atoms with E-state index >= 15 is 0 Å². The molecule has 1 aliphatic carbocycles. The molecule has 2 aliphatic heterocycles. The molecule has 2 heterocycles. The van der Waals surface area contributed by atoms with Crippen LogP contribution in [0.1, 0.15) is 44.2 Å². The van der Waals surface area contributed by atoms with Crippen molar-refractivity contribution in [3.8, 4) is 0 Å². The molecule has 1 atom stereocenters. The molecule has 3 nitrogen and oxygen atoms in total. The second-order valence-corrected chi connectivity index (χ2v) is 14.5. The minimum absolute atomic E-state index is 0.721. The van der Waals surface area contributed by atoms with Crippen molar-refractivity contribution >= 4 is 36.4 Å². The maximum atomic E-state index is 5.23. The van der Waals surface area contributed by atoms with Crippen molar-refractivity contribution in [2.24, 2.45) is 2.98 Å². The first-order chi connectivity index (χ1) is 10.2. The van der Waals surface area contributed by atoms with Gasteiger partial charge in [0.1, 0.15) is 0 Å². The Bertz CT molecular complexity index is 609. The second kappa shape index (κ2) is 5.31. The van der Waals surface area contributed by atoms with E-state index in [4.69, 9.17) is 7.72 Å². The second-order valence-electron chi connectivity index (χ2n) is 6.70. The Morgan fingerprint density at radius 3 is 2.90 bits per heavy atom. The Labute approximate surface area is 135 Å². The summed E-state index contributed by atoms with van der Waals surface area (Å²) in [7, 11) is 1.79. The monoisotopic (exact) mass is 386 g/mol. The molecule has 1 aromatic rings. The third-order valence-electron chi connectivity index (χ3n) is 5.18. The van der Waals surface area contributed by atoms with Crippen LogP contribution in [0.3, 0.4) is 0 Å². The van der Waals surface area contributed by atoms with E-state index in [0.29, 0.717) is 0 Å². The predicted octanol–water partition coefficient (Wildman–Crippen LogP) is 2.20. The molecule has 21 heavy (non-hydrogen) atoms. The van der Waals surface area contributed by atoms with Gasteiger partial charge in [-0.3, -0.25) is 0 Å². The number of rotatable bonds is 5. The number of nitrogens with zero attached hydrogens (tertiary/aromatic N) is 2. The summed E-state index contributed by atoms with van der Waals surface area (Å²) in [4.78, 5) is 2.72. The molecule has 1 fully saturated rings. The molecule has 0 spiro atoms. The van der Waals surface area contributed by atoms with Gasteiger partial charge in [0.05, 0.1) is 0 Å². The SMILES string of the molecule is COCCCc1cc2c[c]3c1C(C)=[N][In]3[CH](C)N2C1CC1. The number of fused-ring (bicyclic) bond motifs is 1. The Morgan fingerprint density at radius 1 is 1.38 bits per heavy atom. The van der Waals surface area contributed by atoms with E-state index < -0.39 is 21.7 Å². The van der Waals surface area contributed by atoms with Crippen LogP contribution < -0.4 is 8.22 Å². The van der Waals surface area contributed by atoms with Crippen molar-refractivity contribution < 1.29 is 4.74 Å². The summed E-state index contributed by atoms with van der Waals surface area (Å²) in [6.07, 6.45) is 4.99. The van der Waals surface area contributed by atoms with E-state index in [-0.39, 0.29) is 0 Å². The van der Waals surface area contributed by atoms with Crippen LogP contribution in [0.15, 0.2) is 15.1 Å². The van der Waals surface area contributed by atoms with E-state index in [1.54, 1.807) is 10.4 Å².